The summed E-state index contributed by atoms with van der Waals surface area (Å²) in [6, 6.07) is 12.4. The molecule has 1 aliphatic heterocycles. The molecule has 2 aromatic heterocycles. The van der Waals surface area contributed by atoms with E-state index in [4.69, 9.17) is 5.41 Å². The van der Waals surface area contributed by atoms with Crippen molar-refractivity contribution in [3.05, 3.63) is 80.7 Å². The molecule has 0 aliphatic carbocycles. The molecule has 0 saturated heterocycles. The molecule has 2 N–H and O–H groups in total. The lowest BCUT2D eigenvalue weighted by molar-refractivity contribution is 0.466. The van der Waals surface area contributed by atoms with E-state index in [0.29, 0.717) is 34.6 Å². The van der Waals surface area contributed by atoms with Gasteiger partial charge < -0.3 is 5.32 Å². The summed E-state index contributed by atoms with van der Waals surface area (Å²) in [6.45, 7) is 9.14. The van der Waals surface area contributed by atoms with Crippen molar-refractivity contribution in [3.8, 4) is 11.3 Å². The summed E-state index contributed by atoms with van der Waals surface area (Å²) in [5.41, 5.74) is 2.51. The first kappa shape index (κ1) is 23.9. The zero-order chi connectivity index (χ0) is 24.6. The topological polar surface area (TPSA) is 88.1 Å². The molecular weight excluding hydrogens is 451 g/mol. The molecule has 0 amide bonds. The number of aromatic nitrogens is 3. The van der Waals surface area contributed by atoms with Crippen LogP contribution < -0.4 is 27.2 Å². The van der Waals surface area contributed by atoms with E-state index in [1.807, 2.05) is 38.1 Å². The van der Waals surface area contributed by atoms with Crippen LogP contribution in [0.1, 0.15) is 33.3 Å². The number of thioether (sulfide) groups is 1. The highest BCUT2D eigenvalue weighted by Gasteiger charge is 2.26. The van der Waals surface area contributed by atoms with Gasteiger partial charge in [0.2, 0.25) is 11.6 Å². The number of benzene rings is 1. The van der Waals surface area contributed by atoms with Crippen LogP contribution in [-0.4, -0.2) is 24.9 Å². The van der Waals surface area contributed by atoms with Crippen molar-refractivity contribution >= 4 is 16.8 Å². The maximum absolute atomic E-state index is 13.4. The zero-order valence-corrected chi connectivity index (χ0v) is 20.8. The minimum absolute atomic E-state index is 0.176. The van der Waals surface area contributed by atoms with Crippen molar-refractivity contribution in [2.45, 2.75) is 51.6 Å². The first-order chi connectivity index (χ1) is 16.1. The van der Waals surface area contributed by atoms with Crippen LogP contribution in [-0.2, 0) is 20.1 Å². The van der Waals surface area contributed by atoms with Crippen molar-refractivity contribution < 1.29 is 4.39 Å². The maximum atomic E-state index is 13.4. The summed E-state index contributed by atoms with van der Waals surface area (Å²) in [7, 11) is 1.71. The van der Waals surface area contributed by atoms with Gasteiger partial charge in [-0.1, -0.05) is 44.2 Å². The molecule has 1 aromatic carbocycles. The number of nitrogens with zero attached hydrogens (tertiary/aromatic N) is 4. The molecule has 3 heterocycles. The molecule has 178 valence electrons. The van der Waals surface area contributed by atoms with Gasteiger partial charge in [0.25, 0.3) is 5.56 Å². The number of halogens is 1. The van der Waals surface area contributed by atoms with Crippen LogP contribution in [0.15, 0.2) is 52.3 Å². The van der Waals surface area contributed by atoms with Crippen molar-refractivity contribution in [1.29, 1.82) is 5.41 Å². The average Bonchev–Trinajstić information content (AvgIpc) is 3.12. The molecule has 0 spiro atoms. The average molecular weight is 481 g/mol. The standard InChI is InChI=1S/C25H29FN6OS/c1-15(2)34-22(20-21(27)32-14-25(3,4)30-24(32)31(5)23(20)33)28-13-16-9-11-17(12-10-16)18-7-6-8-19(26)29-18/h6-12,15,27-28H,13-14H2,1-5H3. The summed E-state index contributed by atoms with van der Waals surface area (Å²) < 4.78 is 16.8. The number of fused-ring (bicyclic) bond motifs is 1. The molecular formula is C25H29FN6OS. The van der Waals surface area contributed by atoms with Gasteiger partial charge in [0.1, 0.15) is 10.7 Å². The highest BCUT2D eigenvalue weighted by molar-refractivity contribution is 8.08. The molecule has 7 nitrogen and oxygen atoms in total. The van der Waals surface area contributed by atoms with Crippen LogP contribution in [0.4, 0.5) is 4.39 Å². The third kappa shape index (κ3) is 4.84. The number of hydrogen-bond acceptors (Lipinski definition) is 6. The second-order valence-electron chi connectivity index (χ2n) is 9.29. The Morgan fingerprint density at radius 3 is 2.59 bits per heavy atom. The molecule has 4 rings (SSSR count). The van der Waals surface area contributed by atoms with Gasteiger partial charge in [-0.2, -0.15) is 4.39 Å². The highest BCUT2D eigenvalue weighted by atomic mass is 32.2. The van der Waals surface area contributed by atoms with Crippen molar-refractivity contribution in [2.24, 2.45) is 12.0 Å². The molecule has 0 saturated carbocycles. The fourth-order valence-electron chi connectivity index (χ4n) is 3.93. The van der Waals surface area contributed by atoms with Gasteiger partial charge in [-0.15, -0.1) is 11.8 Å². The number of rotatable bonds is 6. The Hall–Kier alpha value is -3.20. The molecule has 1 aliphatic rings. The number of pyridine rings is 1. The third-order valence-corrected chi connectivity index (χ3v) is 6.57. The van der Waals surface area contributed by atoms with E-state index in [9.17, 15) is 9.18 Å². The van der Waals surface area contributed by atoms with Gasteiger partial charge in [-0.3, -0.25) is 19.3 Å². The Morgan fingerprint density at radius 1 is 1.24 bits per heavy atom. The molecule has 0 fully saturated rings. The molecule has 0 bridgehead atoms. The van der Waals surface area contributed by atoms with E-state index in [2.05, 4.69) is 29.1 Å². The summed E-state index contributed by atoms with van der Waals surface area (Å²) >= 11 is 1.53. The monoisotopic (exact) mass is 480 g/mol. The largest absolute Gasteiger partial charge is 0.375 e. The SMILES string of the molecule is CC(C)SC(NCc1ccc(-c2cccc(F)n2)cc1)=c1c(=O)n(C)c2n(c1=N)CC(C)(C)N=2. The zero-order valence-electron chi connectivity index (χ0n) is 20.0. The summed E-state index contributed by atoms with van der Waals surface area (Å²) in [5, 5.41) is 13.5. The van der Waals surface area contributed by atoms with Crippen LogP contribution in [0.2, 0.25) is 0 Å². The molecule has 9 heteroatoms. The molecule has 0 atom stereocenters. The van der Waals surface area contributed by atoms with Crippen LogP contribution in [0, 0.1) is 11.4 Å². The first-order valence-corrected chi connectivity index (χ1v) is 12.0. The van der Waals surface area contributed by atoms with Crippen LogP contribution in [0.25, 0.3) is 16.3 Å². The lowest BCUT2D eigenvalue weighted by Gasteiger charge is -2.15. The van der Waals surface area contributed by atoms with Crippen LogP contribution in [0.5, 0.6) is 0 Å². The van der Waals surface area contributed by atoms with Gasteiger partial charge in [0, 0.05) is 24.4 Å². The van der Waals surface area contributed by atoms with Gasteiger partial charge >= 0.3 is 0 Å². The predicted octanol–water partition coefficient (Wildman–Crippen LogP) is 2.28. The number of nitrogens with one attached hydrogen (secondary N) is 2. The maximum Gasteiger partial charge on any atom is 0.266 e. The third-order valence-electron chi connectivity index (χ3n) is 5.51. The smallest absolute Gasteiger partial charge is 0.266 e. The Labute approximate surface area is 201 Å². The van der Waals surface area contributed by atoms with Crippen molar-refractivity contribution in [3.63, 3.8) is 0 Å². The van der Waals surface area contributed by atoms with Crippen LogP contribution in [0.3, 0.4) is 0 Å². The quantitative estimate of drug-likeness (QED) is 0.530. The van der Waals surface area contributed by atoms with E-state index in [0.717, 1.165) is 11.1 Å². The highest BCUT2D eigenvalue weighted by Crippen LogP contribution is 2.21. The second kappa shape index (κ2) is 9.21. The lowest BCUT2D eigenvalue weighted by atomic mass is 10.1. The van der Waals surface area contributed by atoms with Crippen molar-refractivity contribution in [1.82, 2.24) is 19.4 Å². The Morgan fingerprint density at radius 2 is 1.94 bits per heavy atom. The molecule has 0 radical (unpaired) electrons. The Bertz CT molecular complexity index is 1470. The van der Waals surface area contributed by atoms with E-state index in [-0.39, 0.29) is 21.8 Å². The van der Waals surface area contributed by atoms with E-state index >= 15 is 0 Å². The number of hydrogen-bond donors (Lipinski definition) is 2. The molecule has 34 heavy (non-hydrogen) atoms. The minimum atomic E-state index is -0.510. The minimum Gasteiger partial charge on any atom is -0.375 e. The lowest BCUT2D eigenvalue weighted by Crippen LogP contribution is -2.58. The van der Waals surface area contributed by atoms with E-state index in [1.54, 1.807) is 23.7 Å². The fraction of sp³-hybridized carbons (Fsp3) is 0.360. The van der Waals surface area contributed by atoms with Gasteiger partial charge in [0.05, 0.1) is 22.8 Å². The van der Waals surface area contributed by atoms with E-state index < -0.39 is 5.95 Å². The summed E-state index contributed by atoms with van der Waals surface area (Å²) in [5.74, 6) is -0.510. The van der Waals surface area contributed by atoms with E-state index in [1.165, 1.54) is 22.4 Å². The Kier molecular flexibility index (Phi) is 6.49. The van der Waals surface area contributed by atoms with Gasteiger partial charge in [-0.05, 0) is 31.5 Å². The van der Waals surface area contributed by atoms with Gasteiger partial charge in [-0.25, -0.2) is 9.98 Å². The second-order valence-corrected chi connectivity index (χ2v) is 10.9. The molecule has 3 aromatic rings. The Balaban J connectivity index is 1.70. The molecule has 0 unspecified atom stereocenters. The normalized spacial score (nSPS) is 15.1. The van der Waals surface area contributed by atoms with Crippen molar-refractivity contribution in [2.75, 3.05) is 0 Å². The van der Waals surface area contributed by atoms with Gasteiger partial charge in [0.15, 0.2) is 0 Å². The van der Waals surface area contributed by atoms with Crippen LogP contribution >= 0.6 is 11.8 Å². The summed E-state index contributed by atoms with van der Waals surface area (Å²) in [6.07, 6.45) is 0. The predicted molar refractivity (Wildman–Crippen MR) is 133 cm³/mol. The fourth-order valence-corrected chi connectivity index (χ4v) is 4.86. The summed E-state index contributed by atoms with van der Waals surface area (Å²) in [4.78, 5) is 21.8. The first-order valence-electron chi connectivity index (χ1n) is 11.2.